The molecule has 1 aromatic carbocycles. The number of carbonyl (C=O) groups excluding carboxylic acids is 1. The molecule has 0 aliphatic carbocycles. The minimum atomic E-state index is -0.913. The highest BCUT2D eigenvalue weighted by Crippen LogP contribution is 2.06. The molecule has 0 bridgehead atoms. The molecule has 0 saturated heterocycles. The number of rotatable bonds is 1. The van der Waals surface area contributed by atoms with Crippen molar-refractivity contribution in [3.8, 4) is 6.19 Å². The van der Waals surface area contributed by atoms with Crippen LogP contribution in [0.1, 0.15) is 10.6 Å². The topological polar surface area (TPSA) is 102 Å². The Bertz CT molecular complexity index is 681. The Hall–Kier alpha value is -2.68. The summed E-state index contributed by atoms with van der Waals surface area (Å²) in [5.74, 6) is -1.27. The zero-order valence-electron chi connectivity index (χ0n) is 8.04. The minimum Gasteiger partial charge on any atom is -0.363 e. The van der Waals surface area contributed by atoms with Crippen LogP contribution in [0.4, 0.5) is 0 Å². The molecule has 2 aromatic rings. The van der Waals surface area contributed by atoms with Crippen molar-refractivity contribution in [2.24, 2.45) is 5.73 Å². The fraction of sp³-hybridized carbons (Fsp3) is 0. The molecular formula is C10H6N4O2. The van der Waals surface area contributed by atoms with E-state index in [0.717, 1.165) is 0 Å². The SMILES string of the molecule is N#Cn1c(C(N)=O)nc2ccccc2c1=O. The third-order valence-corrected chi connectivity index (χ3v) is 2.10. The second kappa shape index (κ2) is 3.47. The van der Waals surface area contributed by atoms with Crippen LogP contribution in [-0.2, 0) is 0 Å². The van der Waals surface area contributed by atoms with E-state index in [1.807, 2.05) is 0 Å². The van der Waals surface area contributed by atoms with Crippen LogP contribution in [0.3, 0.4) is 0 Å². The second-order valence-electron chi connectivity index (χ2n) is 3.06. The van der Waals surface area contributed by atoms with Crippen LogP contribution in [0.15, 0.2) is 29.1 Å². The van der Waals surface area contributed by atoms with Gasteiger partial charge >= 0.3 is 0 Å². The lowest BCUT2D eigenvalue weighted by Gasteiger charge is -2.02. The summed E-state index contributed by atoms with van der Waals surface area (Å²) in [6, 6.07) is 6.43. The Morgan fingerprint density at radius 1 is 1.44 bits per heavy atom. The Kier molecular flexibility index (Phi) is 2.14. The summed E-state index contributed by atoms with van der Waals surface area (Å²) in [7, 11) is 0. The van der Waals surface area contributed by atoms with Crippen molar-refractivity contribution in [3.05, 3.63) is 40.4 Å². The molecule has 0 radical (unpaired) electrons. The van der Waals surface area contributed by atoms with E-state index < -0.39 is 11.5 Å². The van der Waals surface area contributed by atoms with Gasteiger partial charge in [-0.2, -0.15) is 9.83 Å². The Balaban J connectivity index is 3.00. The zero-order valence-corrected chi connectivity index (χ0v) is 8.04. The molecule has 78 valence electrons. The first-order valence-electron chi connectivity index (χ1n) is 4.37. The van der Waals surface area contributed by atoms with E-state index in [4.69, 9.17) is 11.0 Å². The van der Waals surface area contributed by atoms with Crippen LogP contribution in [0.25, 0.3) is 10.9 Å². The monoisotopic (exact) mass is 214 g/mol. The molecule has 0 atom stereocenters. The standard InChI is InChI=1S/C10H6N4O2/c11-5-14-9(8(12)15)13-7-4-2-1-3-6(7)10(14)16/h1-4H,(H2,12,15). The lowest BCUT2D eigenvalue weighted by Crippen LogP contribution is -2.28. The summed E-state index contributed by atoms with van der Waals surface area (Å²) in [6.45, 7) is 0. The maximum Gasteiger partial charge on any atom is 0.285 e. The Morgan fingerprint density at radius 3 is 2.75 bits per heavy atom. The fourth-order valence-electron chi connectivity index (χ4n) is 1.39. The van der Waals surface area contributed by atoms with Crippen molar-refractivity contribution >= 4 is 16.8 Å². The first-order valence-corrected chi connectivity index (χ1v) is 4.37. The number of carbonyl (C=O) groups is 1. The average molecular weight is 214 g/mol. The molecule has 6 nitrogen and oxygen atoms in total. The van der Waals surface area contributed by atoms with Crippen molar-refractivity contribution in [2.45, 2.75) is 0 Å². The van der Waals surface area contributed by atoms with Gasteiger partial charge in [0, 0.05) is 0 Å². The van der Waals surface area contributed by atoms with Gasteiger partial charge in [0.1, 0.15) is 0 Å². The third kappa shape index (κ3) is 1.31. The molecule has 1 amide bonds. The lowest BCUT2D eigenvalue weighted by atomic mass is 10.2. The molecule has 2 N–H and O–H groups in total. The first-order chi connectivity index (χ1) is 7.65. The van der Waals surface area contributed by atoms with Gasteiger partial charge in [0.25, 0.3) is 11.5 Å². The Labute approximate surface area is 89.5 Å². The number of nitrogens with zero attached hydrogens (tertiary/aromatic N) is 3. The minimum absolute atomic E-state index is 0.272. The number of benzene rings is 1. The normalized spacial score (nSPS) is 9.94. The highest BCUT2D eigenvalue weighted by atomic mass is 16.2. The summed E-state index contributed by atoms with van der Waals surface area (Å²) < 4.78 is 0.588. The summed E-state index contributed by atoms with van der Waals surface area (Å²) >= 11 is 0. The van der Waals surface area contributed by atoms with Crippen LogP contribution >= 0.6 is 0 Å². The number of para-hydroxylation sites is 1. The fourth-order valence-corrected chi connectivity index (χ4v) is 1.39. The molecule has 1 aromatic heterocycles. The van der Waals surface area contributed by atoms with Gasteiger partial charge in [-0.3, -0.25) is 9.59 Å². The predicted octanol–water partition coefficient (Wildman–Crippen LogP) is -0.175. The number of nitriles is 1. The van der Waals surface area contributed by atoms with Crippen LogP contribution in [0, 0.1) is 11.5 Å². The highest BCUT2D eigenvalue weighted by molar-refractivity contribution is 5.92. The van der Waals surface area contributed by atoms with Gasteiger partial charge < -0.3 is 5.73 Å². The molecule has 0 spiro atoms. The molecule has 0 aliphatic heterocycles. The molecule has 6 heteroatoms. The first kappa shape index (κ1) is 9.86. The van der Waals surface area contributed by atoms with Crippen LogP contribution in [0.2, 0.25) is 0 Å². The average Bonchev–Trinajstić information content (AvgIpc) is 2.29. The van der Waals surface area contributed by atoms with E-state index in [9.17, 15) is 9.59 Å². The van der Waals surface area contributed by atoms with Crippen molar-refractivity contribution in [2.75, 3.05) is 0 Å². The van der Waals surface area contributed by atoms with Crippen molar-refractivity contribution < 1.29 is 4.79 Å². The van der Waals surface area contributed by atoms with Gasteiger partial charge in [0.05, 0.1) is 10.9 Å². The van der Waals surface area contributed by atoms with E-state index in [-0.39, 0.29) is 11.2 Å². The lowest BCUT2D eigenvalue weighted by molar-refractivity contribution is 0.0988. The number of hydrogen-bond donors (Lipinski definition) is 1. The number of nitrogens with two attached hydrogens (primary N) is 1. The molecule has 2 rings (SSSR count). The van der Waals surface area contributed by atoms with Gasteiger partial charge in [0.2, 0.25) is 5.82 Å². The molecule has 0 saturated carbocycles. The van der Waals surface area contributed by atoms with Gasteiger partial charge in [0.15, 0.2) is 6.19 Å². The van der Waals surface area contributed by atoms with Crippen molar-refractivity contribution in [3.63, 3.8) is 0 Å². The van der Waals surface area contributed by atoms with Crippen molar-refractivity contribution in [1.82, 2.24) is 9.55 Å². The predicted molar refractivity (Wildman–Crippen MR) is 55.5 cm³/mol. The van der Waals surface area contributed by atoms with Gasteiger partial charge in [-0.25, -0.2) is 4.98 Å². The van der Waals surface area contributed by atoms with Crippen molar-refractivity contribution in [1.29, 1.82) is 5.26 Å². The number of amides is 1. The van der Waals surface area contributed by atoms with E-state index in [0.29, 0.717) is 10.1 Å². The summed E-state index contributed by atoms with van der Waals surface area (Å²) in [6.07, 6.45) is 1.58. The zero-order chi connectivity index (χ0) is 11.7. The number of aromatic nitrogens is 2. The van der Waals surface area contributed by atoms with Crippen LogP contribution in [0.5, 0.6) is 0 Å². The van der Waals surface area contributed by atoms with Gasteiger partial charge in [-0.1, -0.05) is 12.1 Å². The molecule has 16 heavy (non-hydrogen) atoms. The molecule has 1 heterocycles. The summed E-state index contributed by atoms with van der Waals surface area (Å²) in [5.41, 5.74) is 4.78. The van der Waals surface area contributed by atoms with E-state index >= 15 is 0 Å². The smallest absolute Gasteiger partial charge is 0.285 e. The third-order valence-electron chi connectivity index (χ3n) is 2.10. The largest absolute Gasteiger partial charge is 0.363 e. The number of fused-ring (bicyclic) bond motifs is 1. The number of primary amides is 1. The summed E-state index contributed by atoms with van der Waals surface area (Å²) in [4.78, 5) is 26.7. The molecule has 0 unspecified atom stereocenters. The number of hydrogen-bond acceptors (Lipinski definition) is 4. The van der Waals surface area contributed by atoms with Crippen LogP contribution < -0.4 is 11.3 Å². The van der Waals surface area contributed by atoms with E-state index in [1.165, 1.54) is 6.07 Å². The van der Waals surface area contributed by atoms with Crippen LogP contribution in [-0.4, -0.2) is 15.5 Å². The maximum absolute atomic E-state index is 11.8. The van der Waals surface area contributed by atoms with E-state index in [2.05, 4.69) is 4.98 Å². The summed E-state index contributed by atoms with van der Waals surface area (Å²) in [5, 5.41) is 9.05. The van der Waals surface area contributed by atoms with Gasteiger partial charge in [-0.15, -0.1) is 0 Å². The van der Waals surface area contributed by atoms with Gasteiger partial charge in [-0.05, 0) is 12.1 Å². The molecule has 0 aliphatic rings. The quantitative estimate of drug-likeness (QED) is 0.711. The maximum atomic E-state index is 11.8. The highest BCUT2D eigenvalue weighted by Gasteiger charge is 2.14. The van der Waals surface area contributed by atoms with E-state index in [1.54, 1.807) is 24.4 Å². The molecule has 0 fully saturated rings. The second-order valence-corrected chi connectivity index (χ2v) is 3.06. The Morgan fingerprint density at radius 2 is 2.12 bits per heavy atom. The molecular weight excluding hydrogens is 208 g/mol.